The van der Waals surface area contributed by atoms with Gasteiger partial charge in [-0.3, -0.25) is 0 Å². The molecule has 1 atom stereocenters. The van der Waals surface area contributed by atoms with Gasteiger partial charge >= 0.3 is 5.97 Å². The number of esters is 1. The van der Waals surface area contributed by atoms with Crippen molar-refractivity contribution in [3.8, 4) is 17.4 Å². The summed E-state index contributed by atoms with van der Waals surface area (Å²) in [6, 6.07) is 12.2. The fourth-order valence-corrected chi connectivity index (χ4v) is 2.68. The zero-order chi connectivity index (χ0) is 21.7. The second-order valence-electron chi connectivity index (χ2n) is 7.86. The van der Waals surface area contributed by atoms with E-state index in [-0.39, 0.29) is 0 Å². The molecule has 2 aromatic carbocycles. The maximum Gasteiger partial charge on any atom is 0.347 e. The highest BCUT2D eigenvalue weighted by Gasteiger charge is 2.18. The fraction of sp³-hybridized carbons (Fsp3) is 0.318. The van der Waals surface area contributed by atoms with Gasteiger partial charge in [0, 0.05) is 5.02 Å². The molecular formula is C22H25ClN3O4+. The number of aromatic nitrogens is 2. The average molecular weight is 431 g/mol. The molecule has 8 heteroatoms. The number of quaternary nitrogens is 1. The summed E-state index contributed by atoms with van der Waals surface area (Å²) in [6.07, 6.45) is 0.833. The molecule has 0 fully saturated rings. The average Bonchev–Trinajstić information content (AvgIpc) is 2.68. The summed E-state index contributed by atoms with van der Waals surface area (Å²) >= 11 is 5.96. The third-order valence-electron chi connectivity index (χ3n) is 4.18. The van der Waals surface area contributed by atoms with Crippen molar-refractivity contribution in [2.45, 2.75) is 13.0 Å². The summed E-state index contributed by atoms with van der Waals surface area (Å²) < 4.78 is 17.4. The smallest absolute Gasteiger partial charge is 0.347 e. The molecule has 3 aromatic rings. The van der Waals surface area contributed by atoms with Crippen molar-refractivity contribution in [3.05, 3.63) is 53.7 Å². The number of rotatable bonds is 8. The number of carbonyl (C=O) groups is 1. The Balaban J connectivity index is 1.55. The third-order valence-corrected chi connectivity index (χ3v) is 4.41. The van der Waals surface area contributed by atoms with Gasteiger partial charge in [-0.2, -0.15) is 0 Å². The van der Waals surface area contributed by atoms with Crippen LogP contribution in [0, 0.1) is 0 Å². The van der Waals surface area contributed by atoms with Crippen LogP contribution in [-0.2, 0) is 9.53 Å². The molecule has 0 amide bonds. The Morgan fingerprint density at radius 1 is 1.07 bits per heavy atom. The van der Waals surface area contributed by atoms with Crippen LogP contribution < -0.4 is 9.47 Å². The SMILES string of the molecule is CC(Oc1ccc(Oc2cnc3cc(Cl)ccc3n2)cc1)C(=O)OCC[N+](C)(C)C. The lowest BCUT2D eigenvalue weighted by molar-refractivity contribution is -0.870. The number of hydrogen-bond acceptors (Lipinski definition) is 6. The number of nitrogens with zero attached hydrogens (tertiary/aromatic N) is 3. The minimum Gasteiger partial charge on any atom is -0.479 e. The summed E-state index contributed by atoms with van der Waals surface area (Å²) in [7, 11) is 6.11. The molecule has 0 aliphatic carbocycles. The van der Waals surface area contributed by atoms with E-state index < -0.39 is 12.1 Å². The Labute approximate surface area is 180 Å². The predicted molar refractivity (Wildman–Crippen MR) is 115 cm³/mol. The summed E-state index contributed by atoms with van der Waals surface area (Å²) in [6.45, 7) is 2.74. The fourth-order valence-electron chi connectivity index (χ4n) is 2.51. The van der Waals surface area contributed by atoms with Crippen molar-refractivity contribution in [1.82, 2.24) is 9.97 Å². The van der Waals surface area contributed by atoms with Gasteiger partial charge < -0.3 is 18.7 Å². The van der Waals surface area contributed by atoms with Gasteiger partial charge in [-0.1, -0.05) is 11.6 Å². The van der Waals surface area contributed by atoms with Crippen molar-refractivity contribution in [2.24, 2.45) is 0 Å². The minimum atomic E-state index is -0.706. The number of halogens is 1. The largest absolute Gasteiger partial charge is 0.479 e. The maximum absolute atomic E-state index is 12.1. The van der Waals surface area contributed by atoms with Gasteiger partial charge in [-0.15, -0.1) is 0 Å². The number of benzene rings is 2. The van der Waals surface area contributed by atoms with Crippen LogP contribution in [0.15, 0.2) is 48.7 Å². The van der Waals surface area contributed by atoms with Gasteiger partial charge in [0.05, 0.1) is 38.4 Å². The molecule has 7 nitrogen and oxygen atoms in total. The molecule has 1 aromatic heterocycles. The van der Waals surface area contributed by atoms with Gasteiger partial charge in [0.2, 0.25) is 5.88 Å². The topological polar surface area (TPSA) is 70.5 Å². The molecule has 0 spiro atoms. The lowest BCUT2D eigenvalue weighted by Crippen LogP contribution is -2.39. The van der Waals surface area contributed by atoms with Gasteiger partial charge in [-0.05, 0) is 49.4 Å². The molecule has 3 rings (SSSR count). The number of likely N-dealkylation sites (N-methyl/N-ethyl adjacent to an activating group) is 1. The summed E-state index contributed by atoms with van der Waals surface area (Å²) in [5, 5.41) is 0.604. The zero-order valence-corrected chi connectivity index (χ0v) is 18.2. The quantitative estimate of drug-likeness (QED) is 0.396. The first-order valence-corrected chi connectivity index (χ1v) is 9.91. The van der Waals surface area contributed by atoms with E-state index in [1.807, 2.05) is 21.1 Å². The summed E-state index contributed by atoms with van der Waals surface area (Å²) in [5.74, 6) is 1.09. The lowest BCUT2D eigenvalue weighted by atomic mass is 10.3. The normalized spacial score (nSPS) is 12.4. The third kappa shape index (κ3) is 6.30. The molecule has 30 heavy (non-hydrogen) atoms. The van der Waals surface area contributed by atoms with Crippen LogP contribution in [-0.4, -0.2) is 60.8 Å². The van der Waals surface area contributed by atoms with Crippen LogP contribution in [0.4, 0.5) is 0 Å². The van der Waals surface area contributed by atoms with Crippen molar-refractivity contribution in [3.63, 3.8) is 0 Å². The van der Waals surface area contributed by atoms with Crippen LogP contribution in [0.5, 0.6) is 17.4 Å². The molecular weight excluding hydrogens is 406 g/mol. The standard InChI is InChI=1S/C22H25ClN3O4/c1-15(22(27)28-12-11-26(2,3)4)29-17-6-8-18(9-7-17)30-21-14-24-20-13-16(23)5-10-19(20)25-21/h5-10,13-15H,11-12H2,1-4H3/q+1. The number of carbonyl (C=O) groups excluding carboxylic acids is 1. The van der Waals surface area contributed by atoms with E-state index in [1.165, 1.54) is 6.20 Å². The first kappa shape index (κ1) is 21.8. The second kappa shape index (κ2) is 9.28. The number of hydrogen-bond donors (Lipinski definition) is 0. The van der Waals surface area contributed by atoms with Crippen molar-refractivity contribution in [1.29, 1.82) is 0 Å². The molecule has 0 saturated heterocycles. The van der Waals surface area contributed by atoms with Crippen molar-refractivity contribution < 1.29 is 23.5 Å². The minimum absolute atomic E-state index is 0.349. The van der Waals surface area contributed by atoms with E-state index in [0.29, 0.717) is 40.0 Å². The molecule has 158 valence electrons. The molecule has 1 heterocycles. The van der Waals surface area contributed by atoms with Gasteiger partial charge in [0.25, 0.3) is 0 Å². The van der Waals surface area contributed by atoms with E-state index in [1.54, 1.807) is 49.4 Å². The van der Waals surface area contributed by atoms with E-state index in [2.05, 4.69) is 9.97 Å². The van der Waals surface area contributed by atoms with Gasteiger partial charge in [0.15, 0.2) is 6.10 Å². The molecule has 1 unspecified atom stereocenters. The molecule has 0 bridgehead atoms. The van der Waals surface area contributed by atoms with Crippen LogP contribution in [0.25, 0.3) is 11.0 Å². The first-order chi connectivity index (χ1) is 14.2. The van der Waals surface area contributed by atoms with Gasteiger partial charge in [0.1, 0.15) is 24.7 Å². The molecule has 0 N–H and O–H groups in total. The van der Waals surface area contributed by atoms with E-state index in [9.17, 15) is 4.79 Å². The van der Waals surface area contributed by atoms with E-state index in [0.717, 1.165) is 11.0 Å². The molecule has 0 aliphatic rings. The predicted octanol–water partition coefficient (Wildman–Crippen LogP) is 4.09. The Kier molecular flexibility index (Phi) is 6.74. The highest BCUT2D eigenvalue weighted by Crippen LogP contribution is 2.25. The van der Waals surface area contributed by atoms with Crippen LogP contribution in [0.2, 0.25) is 5.02 Å². The number of fused-ring (bicyclic) bond motifs is 1. The highest BCUT2D eigenvalue weighted by atomic mass is 35.5. The van der Waals surface area contributed by atoms with Crippen molar-refractivity contribution >= 4 is 28.6 Å². The van der Waals surface area contributed by atoms with Crippen LogP contribution in [0.1, 0.15) is 6.92 Å². The zero-order valence-electron chi connectivity index (χ0n) is 17.5. The van der Waals surface area contributed by atoms with Crippen LogP contribution >= 0.6 is 11.6 Å². The van der Waals surface area contributed by atoms with E-state index >= 15 is 0 Å². The molecule has 0 aliphatic heterocycles. The Morgan fingerprint density at radius 2 is 1.77 bits per heavy atom. The maximum atomic E-state index is 12.1. The van der Waals surface area contributed by atoms with Gasteiger partial charge in [-0.25, -0.2) is 14.8 Å². The molecule has 0 radical (unpaired) electrons. The highest BCUT2D eigenvalue weighted by molar-refractivity contribution is 6.31. The Morgan fingerprint density at radius 3 is 2.47 bits per heavy atom. The lowest BCUT2D eigenvalue weighted by Gasteiger charge is -2.23. The molecule has 0 saturated carbocycles. The summed E-state index contributed by atoms with van der Waals surface area (Å²) in [5.41, 5.74) is 1.38. The summed E-state index contributed by atoms with van der Waals surface area (Å²) in [4.78, 5) is 20.8. The Bertz CT molecular complexity index is 1020. The monoisotopic (exact) mass is 430 g/mol. The second-order valence-corrected chi connectivity index (χ2v) is 8.29. The van der Waals surface area contributed by atoms with E-state index in [4.69, 9.17) is 25.8 Å². The van der Waals surface area contributed by atoms with Crippen molar-refractivity contribution in [2.75, 3.05) is 34.3 Å². The Hall–Kier alpha value is -2.90. The first-order valence-electron chi connectivity index (χ1n) is 9.53. The number of ether oxygens (including phenoxy) is 3. The van der Waals surface area contributed by atoms with Crippen LogP contribution in [0.3, 0.4) is 0 Å².